The van der Waals surface area contributed by atoms with Crippen molar-refractivity contribution in [3.05, 3.63) is 24.4 Å². The highest BCUT2D eigenvalue weighted by atomic mass is 16.5. The van der Waals surface area contributed by atoms with E-state index in [0.717, 1.165) is 32.0 Å². The summed E-state index contributed by atoms with van der Waals surface area (Å²) in [5.41, 5.74) is 0. The lowest BCUT2D eigenvalue weighted by atomic mass is 9.98. The molecule has 2 saturated heterocycles. The van der Waals surface area contributed by atoms with E-state index in [2.05, 4.69) is 9.88 Å². The van der Waals surface area contributed by atoms with E-state index in [4.69, 9.17) is 4.74 Å². The predicted octanol–water partition coefficient (Wildman–Crippen LogP) is 0.377. The Morgan fingerprint density at radius 3 is 2.72 bits per heavy atom. The van der Waals surface area contributed by atoms with Gasteiger partial charge in [0.15, 0.2) is 0 Å². The molecule has 0 N–H and O–H groups in total. The lowest BCUT2D eigenvalue weighted by Crippen LogP contribution is -2.56. The molecule has 0 unspecified atom stereocenters. The summed E-state index contributed by atoms with van der Waals surface area (Å²) in [6.45, 7) is 4.38. The van der Waals surface area contributed by atoms with Crippen molar-refractivity contribution in [2.24, 2.45) is 5.92 Å². The van der Waals surface area contributed by atoms with E-state index in [-0.39, 0.29) is 11.8 Å². The third-order valence-electron chi connectivity index (χ3n) is 3.53. The number of morpholine rings is 1. The van der Waals surface area contributed by atoms with Crippen LogP contribution in [0.25, 0.3) is 0 Å². The summed E-state index contributed by atoms with van der Waals surface area (Å²) in [5.74, 6) is 1.36. The van der Waals surface area contributed by atoms with Crippen molar-refractivity contribution in [1.29, 1.82) is 0 Å². The Hall–Kier alpha value is -1.62. The Morgan fingerprint density at radius 2 is 2.06 bits per heavy atom. The first kappa shape index (κ1) is 11.5. The Morgan fingerprint density at radius 1 is 1.28 bits per heavy atom. The summed E-state index contributed by atoms with van der Waals surface area (Å²) in [7, 11) is 0. The largest absolute Gasteiger partial charge is 0.378 e. The van der Waals surface area contributed by atoms with Gasteiger partial charge in [0.25, 0.3) is 0 Å². The molecule has 1 amide bonds. The van der Waals surface area contributed by atoms with Gasteiger partial charge in [0.05, 0.1) is 19.1 Å². The van der Waals surface area contributed by atoms with Crippen molar-refractivity contribution in [1.82, 2.24) is 9.88 Å². The molecule has 0 aromatic carbocycles. The van der Waals surface area contributed by atoms with Crippen LogP contribution >= 0.6 is 0 Å². The topological polar surface area (TPSA) is 45.7 Å². The second-order valence-electron chi connectivity index (χ2n) is 4.73. The van der Waals surface area contributed by atoms with Crippen LogP contribution in [0.3, 0.4) is 0 Å². The van der Waals surface area contributed by atoms with Gasteiger partial charge in [-0.05, 0) is 12.1 Å². The van der Waals surface area contributed by atoms with Crippen molar-refractivity contribution in [2.75, 3.05) is 44.3 Å². The van der Waals surface area contributed by atoms with Crippen LogP contribution in [0, 0.1) is 5.92 Å². The fourth-order valence-electron chi connectivity index (χ4n) is 2.40. The van der Waals surface area contributed by atoms with Crippen molar-refractivity contribution in [3.8, 4) is 0 Å². The minimum atomic E-state index is 0.130. The number of rotatable bonds is 2. The number of anilines is 1. The van der Waals surface area contributed by atoms with Gasteiger partial charge in [-0.15, -0.1) is 0 Å². The van der Waals surface area contributed by atoms with Crippen LogP contribution in [0.2, 0.25) is 0 Å². The van der Waals surface area contributed by atoms with Crippen molar-refractivity contribution in [3.63, 3.8) is 0 Å². The summed E-state index contributed by atoms with van der Waals surface area (Å²) in [6.07, 6.45) is 1.78. The van der Waals surface area contributed by atoms with Crippen LogP contribution in [-0.4, -0.2) is 55.2 Å². The molecule has 5 nitrogen and oxygen atoms in total. The Kier molecular flexibility index (Phi) is 3.15. The minimum Gasteiger partial charge on any atom is -0.378 e. The van der Waals surface area contributed by atoms with Gasteiger partial charge in [0.1, 0.15) is 5.82 Å². The molecule has 0 saturated carbocycles. The lowest BCUT2D eigenvalue weighted by molar-refractivity contribution is -0.140. The third kappa shape index (κ3) is 2.18. The van der Waals surface area contributed by atoms with Gasteiger partial charge < -0.3 is 14.5 Å². The number of hydrogen-bond acceptors (Lipinski definition) is 4. The summed E-state index contributed by atoms with van der Waals surface area (Å²) >= 11 is 0. The second kappa shape index (κ2) is 4.94. The molecular weight excluding hydrogens is 230 g/mol. The highest BCUT2D eigenvalue weighted by molar-refractivity contribution is 5.82. The molecule has 0 bridgehead atoms. The Balaban J connectivity index is 1.54. The minimum absolute atomic E-state index is 0.130. The molecule has 2 aliphatic heterocycles. The first-order chi connectivity index (χ1) is 8.84. The predicted molar refractivity (Wildman–Crippen MR) is 67.3 cm³/mol. The number of ether oxygens (including phenoxy) is 1. The van der Waals surface area contributed by atoms with E-state index in [1.165, 1.54) is 0 Å². The maximum Gasteiger partial charge on any atom is 0.229 e. The summed E-state index contributed by atoms with van der Waals surface area (Å²) < 4.78 is 5.26. The van der Waals surface area contributed by atoms with Gasteiger partial charge in [-0.2, -0.15) is 0 Å². The SMILES string of the molecule is O=C(C1CN(c2ccccn2)C1)N1CCOCC1. The smallest absolute Gasteiger partial charge is 0.229 e. The highest BCUT2D eigenvalue weighted by Gasteiger charge is 2.36. The van der Waals surface area contributed by atoms with Gasteiger partial charge in [0.2, 0.25) is 5.91 Å². The van der Waals surface area contributed by atoms with E-state index < -0.39 is 0 Å². The van der Waals surface area contributed by atoms with E-state index in [1.807, 2.05) is 23.1 Å². The molecule has 0 spiro atoms. The van der Waals surface area contributed by atoms with Gasteiger partial charge >= 0.3 is 0 Å². The average molecular weight is 247 g/mol. The van der Waals surface area contributed by atoms with Crippen molar-refractivity contribution >= 4 is 11.7 Å². The van der Waals surface area contributed by atoms with Crippen molar-refractivity contribution in [2.45, 2.75) is 0 Å². The van der Waals surface area contributed by atoms with Crippen LogP contribution in [0.4, 0.5) is 5.82 Å². The number of carbonyl (C=O) groups excluding carboxylic acids is 1. The van der Waals surface area contributed by atoms with E-state index >= 15 is 0 Å². The number of nitrogens with zero attached hydrogens (tertiary/aromatic N) is 3. The van der Waals surface area contributed by atoms with Crippen LogP contribution in [0.15, 0.2) is 24.4 Å². The fraction of sp³-hybridized carbons (Fsp3) is 0.538. The monoisotopic (exact) mass is 247 g/mol. The first-order valence-corrected chi connectivity index (χ1v) is 6.37. The number of aromatic nitrogens is 1. The van der Waals surface area contributed by atoms with E-state index in [9.17, 15) is 4.79 Å². The third-order valence-corrected chi connectivity index (χ3v) is 3.53. The molecule has 3 rings (SSSR count). The molecule has 96 valence electrons. The lowest BCUT2D eigenvalue weighted by Gasteiger charge is -2.42. The molecule has 0 aliphatic carbocycles. The maximum absolute atomic E-state index is 12.2. The van der Waals surface area contributed by atoms with Crippen LogP contribution in [-0.2, 0) is 9.53 Å². The van der Waals surface area contributed by atoms with Gasteiger partial charge in [-0.25, -0.2) is 4.98 Å². The first-order valence-electron chi connectivity index (χ1n) is 6.37. The standard InChI is InChI=1S/C13H17N3O2/c17-13(15-5-7-18-8-6-15)11-9-16(10-11)12-3-1-2-4-14-12/h1-4,11H,5-10H2. The van der Waals surface area contributed by atoms with Crippen LogP contribution in [0.1, 0.15) is 0 Å². The molecule has 3 heterocycles. The zero-order valence-electron chi connectivity index (χ0n) is 10.3. The van der Waals surface area contributed by atoms with E-state index in [0.29, 0.717) is 13.2 Å². The van der Waals surface area contributed by atoms with E-state index in [1.54, 1.807) is 6.20 Å². The zero-order valence-corrected chi connectivity index (χ0v) is 10.3. The molecule has 1 aromatic rings. The Bertz CT molecular complexity index is 412. The van der Waals surface area contributed by atoms with Crippen molar-refractivity contribution < 1.29 is 9.53 Å². The van der Waals surface area contributed by atoms with Gasteiger partial charge in [-0.1, -0.05) is 6.07 Å². The van der Waals surface area contributed by atoms with Crippen LogP contribution < -0.4 is 4.90 Å². The number of pyridine rings is 1. The zero-order chi connectivity index (χ0) is 12.4. The maximum atomic E-state index is 12.2. The summed E-state index contributed by atoms with van der Waals surface area (Å²) in [6, 6.07) is 5.86. The normalized spacial score (nSPS) is 20.7. The molecule has 2 fully saturated rings. The molecule has 5 heteroatoms. The molecule has 0 atom stereocenters. The summed E-state index contributed by atoms with van der Waals surface area (Å²) in [4.78, 5) is 20.5. The Labute approximate surface area is 106 Å². The molecular formula is C13H17N3O2. The molecule has 0 radical (unpaired) electrons. The average Bonchev–Trinajstić information content (AvgIpc) is 2.39. The number of hydrogen-bond donors (Lipinski definition) is 0. The van der Waals surface area contributed by atoms with Gasteiger partial charge in [0, 0.05) is 32.4 Å². The fourth-order valence-corrected chi connectivity index (χ4v) is 2.40. The molecule has 2 aliphatic rings. The summed E-state index contributed by atoms with van der Waals surface area (Å²) in [5, 5.41) is 0. The van der Waals surface area contributed by atoms with Crippen LogP contribution in [0.5, 0.6) is 0 Å². The number of amides is 1. The number of carbonyl (C=O) groups is 1. The molecule has 18 heavy (non-hydrogen) atoms. The quantitative estimate of drug-likeness (QED) is 0.758. The van der Waals surface area contributed by atoms with Gasteiger partial charge in [-0.3, -0.25) is 4.79 Å². The highest BCUT2D eigenvalue weighted by Crippen LogP contribution is 2.24. The molecule has 1 aromatic heterocycles. The second-order valence-corrected chi connectivity index (χ2v) is 4.73.